The van der Waals surface area contributed by atoms with Crippen molar-refractivity contribution in [1.29, 1.82) is 0 Å². The zero-order valence-electron chi connectivity index (χ0n) is 20.7. The van der Waals surface area contributed by atoms with Crippen LogP contribution in [0.3, 0.4) is 0 Å². The molecule has 2 N–H and O–H groups in total. The van der Waals surface area contributed by atoms with E-state index in [-0.39, 0.29) is 40.8 Å². The number of rotatable bonds is 5. The molecule has 5 rings (SSSR count). The van der Waals surface area contributed by atoms with Gasteiger partial charge in [-0.05, 0) is 86.9 Å². The van der Waals surface area contributed by atoms with Crippen LogP contribution in [0.2, 0.25) is 0 Å². The Kier molecular flexibility index (Phi) is 5.48. The maximum Gasteiger partial charge on any atom is 0.312 e. The van der Waals surface area contributed by atoms with Crippen LogP contribution < -0.4 is 0 Å². The van der Waals surface area contributed by atoms with Gasteiger partial charge in [0.1, 0.15) is 5.69 Å². The van der Waals surface area contributed by atoms with E-state index in [4.69, 9.17) is 4.74 Å². The van der Waals surface area contributed by atoms with Crippen molar-refractivity contribution in [3.05, 3.63) is 11.9 Å². The first-order valence-corrected chi connectivity index (χ1v) is 13.0. The summed E-state index contributed by atoms with van der Waals surface area (Å²) in [5.74, 6) is 0.897. The summed E-state index contributed by atoms with van der Waals surface area (Å²) in [6.45, 7) is 9.73. The summed E-state index contributed by atoms with van der Waals surface area (Å²) < 4.78 is 7.43. The summed E-state index contributed by atoms with van der Waals surface area (Å²) in [6.07, 6.45) is 9.84. The molecular weight excluding hydrogens is 418 g/mol. The van der Waals surface area contributed by atoms with Crippen LogP contribution in [-0.2, 0) is 22.7 Å². The quantitative estimate of drug-likeness (QED) is 0.651. The van der Waals surface area contributed by atoms with Gasteiger partial charge in [0.15, 0.2) is 0 Å². The Morgan fingerprint density at radius 3 is 2.64 bits per heavy atom. The molecule has 0 aliphatic heterocycles. The largest absolute Gasteiger partial charge is 0.466 e. The van der Waals surface area contributed by atoms with Gasteiger partial charge < -0.3 is 14.9 Å². The van der Waals surface area contributed by atoms with E-state index >= 15 is 0 Å². The number of hydrogen-bond acceptors (Lipinski definition) is 6. The lowest BCUT2D eigenvalue weighted by molar-refractivity contribution is -0.192. The maximum atomic E-state index is 13.2. The molecule has 4 saturated carbocycles. The molecule has 0 aromatic carbocycles. The van der Waals surface area contributed by atoms with Gasteiger partial charge in [-0.3, -0.25) is 9.48 Å². The van der Waals surface area contributed by atoms with Crippen LogP contribution >= 0.6 is 0 Å². The number of aliphatic hydroxyl groups excluding tert-OH is 2. The molecule has 0 saturated heterocycles. The van der Waals surface area contributed by atoms with Crippen LogP contribution in [0.4, 0.5) is 0 Å². The number of carbonyl (C=O) groups is 1. The molecule has 4 fully saturated rings. The summed E-state index contributed by atoms with van der Waals surface area (Å²) in [7, 11) is 0. The Labute approximate surface area is 197 Å². The fourth-order valence-electron chi connectivity index (χ4n) is 9.52. The molecule has 33 heavy (non-hydrogen) atoms. The summed E-state index contributed by atoms with van der Waals surface area (Å²) in [5, 5.41) is 29.4. The normalized spacial score (nSPS) is 46.5. The molecule has 1 spiro atoms. The molecule has 7 heteroatoms. The Bertz CT molecular complexity index is 919. The highest BCUT2D eigenvalue weighted by atomic mass is 16.5. The van der Waals surface area contributed by atoms with Gasteiger partial charge in [-0.15, -0.1) is 5.10 Å². The predicted octanol–water partition coefficient (Wildman–Crippen LogP) is 3.72. The minimum atomic E-state index is -0.417. The molecule has 7 nitrogen and oxygen atoms in total. The van der Waals surface area contributed by atoms with Crippen molar-refractivity contribution in [1.82, 2.24) is 15.0 Å². The lowest BCUT2D eigenvalue weighted by atomic mass is 9.39. The lowest BCUT2D eigenvalue weighted by Gasteiger charge is -2.65. The van der Waals surface area contributed by atoms with Gasteiger partial charge in [-0.25, -0.2) is 0 Å². The molecule has 0 unspecified atom stereocenters. The Morgan fingerprint density at radius 2 is 1.94 bits per heavy atom. The van der Waals surface area contributed by atoms with E-state index < -0.39 is 5.41 Å². The molecule has 1 aromatic heterocycles. The van der Waals surface area contributed by atoms with Crippen LogP contribution in [0, 0.1) is 39.4 Å². The van der Waals surface area contributed by atoms with E-state index in [0.29, 0.717) is 30.7 Å². The van der Waals surface area contributed by atoms with Crippen molar-refractivity contribution in [2.45, 2.75) is 98.3 Å². The Balaban J connectivity index is 1.52. The zero-order chi connectivity index (χ0) is 23.6. The fourth-order valence-corrected chi connectivity index (χ4v) is 9.52. The highest BCUT2D eigenvalue weighted by Crippen LogP contribution is 2.75. The number of aromatic nitrogens is 3. The van der Waals surface area contributed by atoms with E-state index in [0.717, 1.165) is 51.4 Å². The SMILES string of the molecule is CCOC(=O)[C@]1(C)CCC[C@@]2(C)[C@@H]3CC[C@@]4(C)C[C@]3(CC[C@@H]21)[C@H](Cn1cc(CO)nn1)[C@H]4O. The standard InChI is InChI=1S/C26H41N3O4/c1-5-33-22(32)25(4)10-6-9-24(3)19(25)8-12-26-16-23(2,11-7-20(24)26)21(31)18(26)14-29-13-17(15-30)27-28-29/h13,18-21,30-31H,5-12,14-16H2,1-4H3/t18-,19+,20+,21-,23+,24-,25-,26-/m1/s1. The monoisotopic (exact) mass is 459 g/mol. The predicted molar refractivity (Wildman–Crippen MR) is 123 cm³/mol. The summed E-state index contributed by atoms with van der Waals surface area (Å²) in [6, 6.07) is 0. The number of nitrogens with zero attached hydrogens (tertiary/aromatic N) is 3. The van der Waals surface area contributed by atoms with E-state index in [1.807, 2.05) is 17.8 Å². The van der Waals surface area contributed by atoms with Crippen LogP contribution in [0.1, 0.15) is 84.8 Å². The van der Waals surface area contributed by atoms with Crippen LogP contribution in [0.25, 0.3) is 0 Å². The highest BCUT2D eigenvalue weighted by molar-refractivity contribution is 5.77. The van der Waals surface area contributed by atoms with Crippen molar-refractivity contribution in [2.75, 3.05) is 6.61 Å². The minimum Gasteiger partial charge on any atom is -0.466 e. The second kappa shape index (κ2) is 7.77. The van der Waals surface area contributed by atoms with Crippen molar-refractivity contribution >= 4 is 5.97 Å². The summed E-state index contributed by atoms with van der Waals surface area (Å²) >= 11 is 0. The van der Waals surface area contributed by atoms with Gasteiger partial charge in [0.25, 0.3) is 0 Å². The third-order valence-corrected chi connectivity index (χ3v) is 10.8. The molecule has 1 aromatic rings. The summed E-state index contributed by atoms with van der Waals surface area (Å²) in [5.41, 5.74) is 0.207. The van der Waals surface area contributed by atoms with Gasteiger partial charge in [0.05, 0.1) is 30.9 Å². The van der Waals surface area contributed by atoms with E-state index in [1.165, 1.54) is 0 Å². The summed E-state index contributed by atoms with van der Waals surface area (Å²) in [4.78, 5) is 13.2. The first-order valence-electron chi connectivity index (χ1n) is 13.0. The van der Waals surface area contributed by atoms with Crippen LogP contribution in [-0.4, -0.2) is 43.9 Å². The average molecular weight is 460 g/mol. The average Bonchev–Trinajstić information content (AvgIpc) is 3.29. The fraction of sp³-hybridized carbons (Fsp3) is 0.885. The second-order valence-corrected chi connectivity index (χ2v) is 12.4. The van der Waals surface area contributed by atoms with Crippen molar-refractivity contribution in [3.63, 3.8) is 0 Å². The van der Waals surface area contributed by atoms with Gasteiger partial charge in [-0.1, -0.05) is 25.5 Å². The molecule has 8 atom stereocenters. The molecule has 184 valence electrons. The van der Waals surface area contributed by atoms with Gasteiger partial charge in [-0.2, -0.15) is 0 Å². The molecular formula is C26H41N3O4. The topological polar surface area (TPSA) is 97.5 Å². The van der Waals surface area contributed by atoms with Gasteiger partial charge in [0.2, 0.25) is 0 Å². The van der Waals surface area contributed by atoms with Gasteiger partial charge >= 0.3 is 5.97 Å². The molecule has 1 heterocycles. The van der Waals surface area contributed by atoms with E-state index in [2.05, 4.69) is 31.1 Å². The Morgan fingerprint density at radius 1 is 1.18 bits per heavy atom. The Hall–Kier alpha value is -1.47. The third-order valence-electron chi connectivity index (χ3n) is 10.8. The first-order chi connectivity index (χ1) is 15.6. The van der Waals surface area contributed by atoms with Crippen LogP contribution in [0.5, 0.6) is 0 Å². The smallest absolute Gasteiger partial charge is 0.312 e. The zero-order valence-corrected chi connectivity index (χ0v) is 20.7. The first kappa shape index (κ1) is 23.3. The van der Waals surface area contributed by atoms with Crippen LogP contribution in [0.15, 0.2) is 6.20 Å². The number of aliphatic hydroxyl groups is 2. The van der Waals surface area contributed by atoms with Crippen molar-refractivity contribution < 1.29 is 19.7 Å². The van der Waals surface area contributed by atoms with E-state index in [1.54, 1.807) is 0 Å². The number of fused-ring (bicyclic) bond motifs is 3. The van der Waals surface area contributed by atoms with Crippen molar-refractivity contribution in [2.24, 2.45) is 39.4 Å². The third kappa shape index (κ3) is 3.17. The van der Waals surface area contributed by atoms with E-state index in [9.17, 15) is 15.0 Å². The van der Waals surface area contributed by atoms with Gasteiger partial charge in [0, 0.05) is 12.5 Å². The number of esters is 1. The molecule has 0 radical (unpaired) electrons. The number of ether oxygens (including phenoxy) is 1. The lowest BCUT2D eigenvalue weighted by Crippen LogP contribution is -2.60. The molecule has 4 aliphatic rings. The number of hydrogen-bond donors (Lipinski definition) is 2. The highest BCUT2D eigenvalue weighted by Gasteiger charge is 2.71. The number of carbonyl (C=O) groups excluding carboxylic acids is 1. The molecule has 2 bridgehead atoms. The molecule has 4 aliphatic carbocycles. The maximum absolute atomic E-state index is 13.2. The van der Waals surface area contributed by atoms with Crippen molar-refractivity contribution in [3.8, 4) is 0 Å². The molecule has 0 amide bonds. The minimum absolute atomic E-state index is 0.0142. The second-order valence-electron chi connectivity index (χ2n) is 12.4.